The average molecular weight is 430 g/mol. The molecule has 2 rings (SSSR count). The molecule has 0 aliphatic carbocycles. The Morgan fingerprint density at radius 1 is 0.968 bits per heavy atom. The van der Waals surface area contributed by atoms with Gasteiger partial charge in [0.1, 0.15) is 18.1 Å². The lowest BCUT2D eigenvalue weighted by molar-refractivity contribution is 0.119. The number of nitrogens with zero attached hydrogens (tertiary/aromatic N) is 1. The summed E-state index contributed by atoms with van der Waals surface area (Å²) in [5.74, 6) is 2.47. The molecule has 0 bridgehead atoms. The molecule has 0 saturated carbocycles. The highest BCUT2D eigenvalue weighted by Gasteiger charge is 2.06. The molecule has 0 spiro atoms. The van der Waals surface area contributed by atoms with Crippen molar-refractivity contribution in [2.75, 3.05) is 47.6 Å². The Balaban J connectivity index is 1.68. The largest absolute Gasteiger partial charge is 0.497 e. The molecule has 0 aliphatic rings. The van der Waals surface area contributed by atoms with Crippen molar-refractivity contribution in [3.63, 3.8) is 0 Å². The van der Waals surface area contributed by atoms with E-state index < -0.39 is 0 Å². The molecule has 0 aromatic heterocycles. The first-order valence-corrected chi connectivity index (χ1v) is 10.5. The van der Waals surface area contributed by atoms with E-state index in [1.165, 1.54) is 0 Å². The fraction of sp³-hybridized carbons (Fsp3) is 0.458. The van der Waals surface area contributed by atoms with Gasteiger partial charge in [-0.1, -0.05) is 24.3 Å². The zero-order chi connectivity index (χ0) is 22.3. The molecule has 31 heavy (non-hydrogen) atoms. The van der Waals surface area contributed by atoms with E-state index in [9.17, 15) is 0 Å². The maximum Gasteiger partial charge on any atom is 0.191 e. The second kappa shape index (κ2) is 14.3. The van der Waals surface area contributed by atoms with Gasteiger partial charge in [0.2, 0.25) is 0 Å². The number of aliphatic imine (C=N–C) groups is 1. The molecule has 7 nitrogen and oxygen atoms in total. The van der Waals surface area contributed by atoms with Crippen molar-refractivity contribution in [3.05, 3.63) is 59.2 Å². The van der Waals surface area contributed by atoms with Crippen LogP contribution in [0.2, 0.25) is 0 Å². The van der Waals surface area contributed by atoms with E-state index in [1.54, 1.807) is 21.3 Å². The Labute approximate surface area is 185 Å². The summed E-state index contributed by atoms with van der Waals surface area (Å²) < 4.78 is 21.8. The molecule has 0 heterocycles. The maximum atomic E-state index is 5.85. The quantitative estimate of drug-likeness (QED) is 0.289. The van der Waals surface area contributed by atoms with Crippen LogP contribution in [-0.4, -0.2) is 53.6 Å². The molecule has 2 N–H and O–H groups in total. The van der Waals surface area contributed by atoms with Crippen LogP contribution in [0.15, 0.2) is 47.5 Å². The van der Waals surface area contributed by atoms with Gasteiger partial charge in [-0.3, -0.25) is 4.99 Å². The fourth-order valence-electron chi connectivity index (χ4n) is 2.87. The molecule has 170 valence electrons. The van der Waals surface area contributed by atoms with Crippen LogP contribution < -0.4 is 20.1 Å². The summed E-state index contributed by atoms with van der Waals surface area (Å²) in [6, 6.07) is 14.1. The minimum Gasteiger partial charge on any atom is -0.497 e. The number of rotatable bonds is 13. The van der Waals surface area contributed by atoms with Crippen LogP contribution in [0.4, 0.5) is 0 Å². The number of aryl methyl sites for hydroxylation is 1. The van der Waals surface area contributed by atoms with Gasteiger partial charge in [-0.25, -0.2) is 0 Å². The number of ether oxygens (including phenoxy) is 4. The Morgan fingerprint density at radius 3 is 2.48 bits per heavy atom. The zero-order valence-electron chi connectivity index (χ0n) is 19.1. The third-order valence-corrected chi connectivity index (χ3v) is 4.62. The Bertz CT molecular complexity index is 794. The smallest absolute Gasteiger partial charge is 0.191 e. The summed E-state index contributed by atoms with van der Waals surface area (Å²) in [5.41, 5.74) is 3.37. The first-order chi connectivity index (χ1) is 15.2. The van der Waals surface area contributed by atoms with Crippen molar-refractivity contribution >= 4 is 5.96 Å². The molecule has 0 saturated heterocycles. The molecule has 2 aromatic rings. The Morgan fingerprint density at radius 2 is 1.77 bits per heavy atom. The number of methoxy groups -OCH3 is 2. The minimum absolute atomic E-state index is 0.524. The standard InChI is InChI=1S/C24H35N3O4/c1-19-6-9-21(23(16-19)31-15-14-28-3)17-27-24(25-2)26-12-5-13-30-18-20-7-10-22(29-4)11-8-20/h6-11,16H,5,12-15,17-18H2,1-4H3,(H2,25,26,27). The molecule has 0 radical (unpaired) electrons. The van der Waals surface area contributed by atoms with E-state index in [2.05, 4.69) is 34.7 Å². The lowest BCUT2D eigenvalue weighted by atomic mass is 10.1. The third-order valence-electron chi connectivity index (χ3n) is 4.62. The van der Waals surface area contributed by atoms with Crippen molar-refractivity contribution in [1.29, 1.82) is 0 Å². The molecule has 0 fully saturated rings. The van der Waals surface area contributed by atoms with Crippen molar-refractivity contribution in [1.82, 2.24) is 10.6 Å². The topological polar surface area (TPSA) is 73.3 Å². The van der Waals surface area contributed by atoms with E-state index in [0.717, 1.165) is 47.1 Å². The van der Waals surface area contributed by atoms with E-state index in [0.29, 0.717) is 33.0 Å². The van der Waals surface area contributed by atoms with Crippen LogP contribution >= 0.6 is 0 Å². The molecule has 0 amide bonds. The first kappa shape index (κ1) is 24.5. The highest BCUT2D eigenvalue weighted by molar-refractivity contribution is 5.79. The van der Waals surface area contributed by atoms with E-state index >= 15 is 0 Å². The van der Waals surface area contributed by atoms with Crippen LogP contribution in [0.25, 0.3) is 0 Å². The zero-order valence-corrected chi connectivity index (χ0v) is 19.1. The number of nitrogens with one attached hydrogen (secondary N) is 2. The molecule has 7 heteroatoms. The second-order valence-electron chi connectivity index (χ2n) is 7.06. The van der Waals surface area contributed by atoms with Gasteiger partial charge < -0.3 is 29.6 Å². The van der Waals surface area contributed by atoms with E-state index in [-0.39, 0.29) is 0 Å². The highest BCUT2D eigenvalue weighted by atomic mass is 16.5. The SMILES string of the molecule is CN=C(NCCCOCc1ccc(OC)cc1)NCc1ccc(C)cc1OCCOC. The van der Waals surface area contributed by atoms with Gasteiger partial charge in [0.05, 0.1) is 20.3 Å². The third kappa shape index (κ3) is 9.27. The molecule has 0 unspecified atom stereocenters. The van der Waals surface area contributed by atoms with Crippen LogP contribution in [-0.2, 0) is 22.6 Å². The predicted octanol–water partition coefficient (Wildman–Crippen LogP) is 3.30. The number of benzene rings is 2. The summed E-state index contributed by atoms with van der Waals surface area (Å²) in [5, 5.41) is 6.66. The van der Waals surface area contributed by atoms with E-state index in [1.807, 2.05) is 30.3 Å². The van der Waals surface area contributed by atoms with Crippen molar-refractivity contribution in [2.24, 2.45) is 4.99 Å². The Hall–Kier alpha value is -2.77. The lowest BCUT2D eigenvalue weighted by Gasteiger charge is -2.15. The molecule has 0 atom stereocenters. The average Bonchev–Trinajstić information content (AvgIpc) is 2.79. The summed E-state index contributed by atoms with van der Waals surface area (Å²) >= 11 is 0. The van der Waals surface area contributed by atoms with Crippen LogP contribution in [0, 0.1) is 6.92 Å². The fourth-order valence-corrected chi connectivity index (χ4v) is 2.87. The van der Waals surface area contributed by atoms with Gasteiger partial charge in [-0.05, 0) is 42.7 Å². The van der Waals surface area contributed by atoms with Crippen molar-refractivity contribution < 1.29 is 18.9 Å². The van der Waals surface area contributed by atoms with Crippen molar-refractivity contribution in [3.8, 4) is 11.5 Å². The molecule has 0 aliphatic heterocycles. The monoisotopic (exact) mass is 429 g/mol. The maximum absolute atomic E-state index is 5.85. The van der Waals surface area contributed by atoms with Gasteiger partial charge in [-0.2, -0.15) is 0 Å². The predicted molar refractivity (Wildman–Crippen MR) is 124 cm³/mol. The summed E-state index contributed by atoms with van der Waals surface area (Å²) in [6.45, 7) is 5.80. The molecular formula is C24H35N3O4. The highest BCUT2D eigenvalue weighted by Crippen LogP contribution is 2.20. The second-order valence-corrected chi connectivity index (χ2v) is 7.06. The van der Waals surface area contributed by atoms with Crippen LogP contribution in [0.1, 0.15) is 23.1 Å². The van der Waals surface area contributed by atoms with Gasteiger partial charge in [0, 0.05) is 39.4 Å². The number of hydrogen-bond donors (Lipinski definition) is 2. The van der Waals surface area contributed by atoms with Crippen LogP contribution in [0.5, 0.6) is 11.5 Å². The van der Waals surface area contributed by atoms with Gasteiger partial charge >= 0.3 is 0 Å². The van der Waals surface area contributed by atoms with E-state index in [4.69, 9.17) is 18.9 Å². The number of guanidine groups is 1. The Kier molecular flexibility index (Phi) is 11.3. The summed E-state index contributed by atoms with van der Waals surface area (Å²) in [6.07, 6.45) is 0.882. The minimum atomic E-state index is 0.524. The van der Waals surface area contributed by atoms with Gasteiger partial charge in [0.25, 0.3) is 0 Å². The lowest BCUT2D eigenvalue weighted by Crippen LogP contribution is -2.37. The van der Waals surface area contributed by atoms with Gasteiger partial charge in [-0.15, -0.1) is 0 Å². The molecular weight excluding hydrogens is 394 g/mol. The van der Waals surface area contributed by atoms with Crippen molar-refractivity contribution in [2.45, 2.75) is 26.5 Å². The summed E-state index contributed by atoms with van der Waals surface area (Å²) in [7, 11) is 5.10. The number of hydrogen-bond acceptors (Lipinski definition) is 5. The first-order valence-electron chi connectivity index (χ1n) is 10.5. The normalized spacial score (nSPS) is 11.3. The molecule has 2 aromatic carbocycles. The van der Waals surface area contributed by atoms with Gasteiger partial charge in [0.15, 0.2) is 5.96 Å². The van der Waals surface area contributed by atoms with Crippen LogP contribution in [0.3, 0.4) is 0 Å². The summed E-state index contributed by atoms with van der Waals surface area (Å²) in [4.78, 5) is 4.29.